The van der Waals surface area contributed by atoms with Gasteiger partial charge in [0, 0.05) is 18.1 Å². The average Bonchev–Trinajstić information content (AvgIpc) is 2.09. The summed E-state index contributed by atoms with van der Waals surface area (Å²) in [6.07, 6.45) is 2.40. The lowest BCUT2D eigenvalue weighted by Gasteiger charge is -2.06. The van der Waals surface area contributed by atoms with Crippen LogP contribution in [0.15, 0.2) is 23.5 Å². The number of allylic oxidation sites excluding steroid dienone is 3. The predicted octanol–water partition coefficient (Wildman–Crippen LogP) is 0.810. The highest BCUT2D eigenvalue weighted by molar-refractivity contribution is 6.19. The molecule has 0 radical (unpaired) electrons. The van der Waals surface area contributed by atoms with E-state index in [9.17, 15) is 9.59 Å². The van der Waals surface area contributed by atoms with Crippen LogP contribution in [0.4, 0.5) is 0 Å². The largest absolute Gasteiger partial charge is 0.504 e. The zero-order valence-electron chi connectivity index (χ0n) is 6.78. The number of nitrogens with zero attached hydrogens (tertiary/aromatic N) is 1. The fourth-order valence-corrected chi connectivity index (χ4v) is 1.02. The van der Waals surface area contributed by atoms with Crippen molar-refractivity contribution in [3.05, 3.63) is 23.5 Å². The molecule has 0 amide bonds. The van der Waals surface area contributed by atoms with Gasteiger partial charge in [0.05, 0.1) is 6.07 Å². The second-order valence-corrected chi connectivity index (χ2v) is 2.59. The molecule has 0 aromatic rings. The first-order valence-electron chi connectivity index (χ1n) is 3.72. The van der Waals surface area contributed by atoms with Crippen LogP contribution in [0.25, 0.3) is 0 Å². The minimum atomic E-state index is -0.560. The van der Waals surface area contributed by atoms with Crippen molar-refractivity contribution in [1.82, 2.24) is 0 Å². The molecule has 0 saturated heterocycles. The summed E-state index contributed by atoms with van der Waals surface area (Å²) in [5, 5.41) is 17.2. The van der Waals surface area contributed by atoms with Crippen LogP contribution in [0.1, 0.15) is 12.8 Å². The maximum atomic E-state index is 11.1. The van der Waals surface area contributed by atoms with Crippen molar-refractivity contribution in [2.24, 2.45) is 0 Å². The van der Waals surface area contributed by atoms with Crippen molar-refractivity contribution in [3.8, 4) is 6.07 Å². The van der Waals surface area contributed by atoms with E-state index in [0.29, 0.717) is 0 Å². The van der Waals surface area contributed by atoms with E-state index in [0.717, 1.165) is 12.2 Å². The molecule has 0 unspecified atom stereocenters. The smallest absolute Gasteiger partial charge is 0.223 e. The molecule has 0 aliphatic heterocycles. The highest BCUT2D eigenvalue weighted by Crippen LogP contribution is 2.15. The molecule has 13 heavy (non-hydrogen) atoms. The van der Waals surface area contributed by atoms with Crippen molar-refractivity contribution in [3.63, 3.8) is 0 Å². The molecule has 0 spiro atoms. The molecule has 1 rings (SSSR count). The van der Waals surface area contributed by atoms with Gasteiger partial charge < -0.3 is 5.11 Å². The Morgan fingerprint density at radius 1 is 1.38 bits per heavy atom. The van der Waals surface area contributed by atoms with Gasteiger partial charge in [-0.2, -0.15) is 5.26 Å². The molecule has 4 heteroatoms. The van der Waals surface area contributed by atoms with Crippen molar-refractivity contribution >= 4 is 11.6 Å². The number of ketones is 2. The summed E-state index contributed by atoms with van der Waals surface area (Å²) in [5.41, 5.74) is 0.201. The molecule has 0 aromatic carbocycles. The van der Waals surface area contributed by atoms with Crippen molar-refractivity contribution in [2.75, 3.05) is 0 Å². The summed E-state index contributed by atoms with van der Waals surface area (Å²) in [7, 11) is 0. The number of Topliss-reactive ketones (excluding diaryl/α,β-unsaturated/α-hetero) is 1. The Hall–Kier alpha value is -1.89. The first-order valence-corrected chi connectivity index (χ1v) is 3.72. The Morgan fingerprint density at radius 3 is 2.69 bits per heavy atom. The van der Waals surface area contributed by atoms with Crippen LogP contribution in [-0.4, -0.2) is 16.7 Å². The van der Waals surface area contributed by atoms with Gasteiger partial charge >= 0.3 is 0 Å². The summed E-state index contributed by atoms with van der Waals surface area (Å²) in [4.78, 5) is 22.0. The molecule has 1 aliphatic rings. The monoisotopic (exact) mass is 177 g/mol. The Bertz CT molecular complexity index is 358. The molecule has 4 nitrogen and oxygen atoms in total. The number of carbonyl (C=O) groups is 2. The summed E-state index contributed by atoms with van der Waals surface area (Å²) in [6, 6.07) is 1.86. The van der Waals surface area contributed by atoms with Crippen LogP contribution in [0.3, 0.4) is 0 Å². The van der Waals surface area contributed by atoms with E-state index in [1.165, 1.54) is 0 Å². The van der Waals surface area contributed by atoms with Crippen LogP contribution in [0, 0.1) is 11.3 Å². The van der Waals surface area contributed by atoms with Crippen LogP contribution >= 0.6 is 0 Å². The van der Waals surface area contributed by atoms with Gasteiger partial charge in [-0.05, 0) is 12.5 Å². The van der Waals surface area contributed by atoms with Crippen LogP contribution in [0.2, 0.25) is 0 Å². The molecule has 1 N–H and O–H groups in total. The standard InChI is InChI=1S/C9H7NO3/c10-3-1-2-6-4-7(11)5-8(12)9(6)13/h4-5,12H,1-2H2. The molecule has 1 aliphatic carbocycles. The minimum Gasteiger partial charge on any atom is -0.504 e. The zero-order valence-corrected chi connectivity index (χ0v) is 6.78. The lowest BCUT2D eigenvalue weighted by atomic mass is 9.98. The first kappa shape index (κ1) is 9.20. The molecule has 66 valence electrons. The molecular formula is C9H7NO3. The normalized spacial score (nSPS) is 16.2. The maximum absolute atomic E-state index is 11.1. The van der Waals surface area contributed by atoms with Gasteiger partial charge in [-0.25, -0.2) is 0 Å². The van der Waals surface area contributed by atoms with E-state index in [-0.39, 0.29) is 18.4 Å². The minimum absolute atomic E-state index is 0.165. The van der Waals surface area contributed by atoms with Gasteiger partial charge in [-0.15, -0.1) is 0 Å². The number of aliphatic hydroxyl groups is 1. The topological polar surface area (TPSA) is 78.2 Å². The van der Waals surface area contributed by atoms with E-state index >= 15 is 0 Å². The zero-order chi connectivity index (χ0) is 9.84. The van der Waals surface area contributed by atoms with Crippen molar-refractivity contribution < 1.29 is 14.7 Å². The predicted molar refractivity (Wildman–Crippen MR) is 43.7 cm³/mol. The highest BCUT2D eigenvalue weighted by atomic mass is 16.3. The fourth-order valence-electron chi connectivity index (χ4n) is 1.02. The fraction of sp³-hybridized carbons (Fsp3) is 0.222. The van der Waals surface area contributed by atoms with Crippen molar-refractivity contribution in [1.29, 1.82) is 5.26 Å². The van der Waals surface area contributed by atoms with Gasteiger partial charge in [-0.1, -0.05) is 0 Å². The lowest BCUT2D eigenvalue weighted by Crippen LogP contribution is -2.13. The Balaban J connectivity index is 2.81. The molecule has 0 fully saturated rings. The highest BCUT2D eigenvalue weighted by Gasteiger charge is 2.20. The first-order chi connectivity index (χ1) is 6.15. The van der Waals surface area contributed by atoms with Crippen LogP contribution < -0.4 is 0 Å². The third kappa shape index (κ3) is 2.03. The van der Waals surface area contributed by atoms with Gasteiger partial charge in [0.25, 0.3) is 0 Å². The van der Waals surface area contributed by atoms with Gasteiger partial charge in [-0.3, -0.25) is 9.59 Å². The SMILES string of the molecule is N#CCCC1=CC(=O)C=C(O)C1=O. The Labute approximate surface area is 74.8 Å². The van der Waals surface area contributed by atoms with Gasteiger partial charge in [0.15, 0.2) is 11.5 Å². The van der Waals surface area contributed by atoms with Crippen LogP contribution in [-0.2, 0) is 9.59 Å². The van der Waals surface area contributed by atoms with E-state index in [1.807, 2.05) is 6.07 Å². The second kappa shape index (κ2) is 3.68. The third-order valence-corrected chi connectivity index (χ3v) is 1.63. The van der Waals surface area contributed by atoms with Crippen LogP contribution in [0.5, 0.6) is 0 Å². The molecule has 0 atom stereocenters. The summed E-state index contributed by atoms with van der Waals surface area (Å²) in [5.74, 6) is -1.51. The van der Waals surface area contributed by atoms with Gasteiger partial charge in [0.1, 0.15) is 0 Å². The molecule has 0 saturated carbocycles. The van der Waals surface area contributed by atoms with E-state index in [2.05, 4.69) is 0 Å². The third-order valence-electron chi connectivity index (χ3n) is 1.63. The van der Waals surface area contributed by atoms with E-state index in [4.69, 9.17) is 10.4 Å². The van der Waals surface area contributed by atoms with E-state index < -0.39 is 17.3 Å². The number of aliphatic hydroxyl groups excluding tert-OH is 1. The number of nitriles is 1. The number of carbonyl (C=O) groups excluding carboxylic acids is 2. The summed E-state index contributed by atoms with van der Waals surface area (Å²) in [6.45, 7) is 0. The number of rotatable bonds is 2. The number of hydrogen-bond donors (Lipinski definition) is 1. The summed E-state index contributed by atoms with van der Waals surface area (Å²) >= 11 is 0. The Kier molecular flexibility index (Phi) is 2.60. The van der Waals surface area contributed by atoms with Crippen molar-refractivity contribution in [2.45, 2.75) is 12.8 Å². The lowest BCUT2D eigenvalue weighted by molar-refractivity contribution is -0.117. The maximum Gasteiger partial charge on any atom is 0.223 e. The summed E-state index contributed by atoms with van der Waals surface area (Å²) < 4.78 is 0. The Morgan fingerprint density at radius 2 is 2.08 bits per heavy atom. The molecule has 0 aromatic heterocycles. The second-order valence-electron chi connectivity index (χ2n) is 2.59. The average molecular weight is 177 g/mol. The molecular weight excluding hydrogens is 170 g/mol. The quantitative estimate of drug-likeness (QED) is 0.633. The van der Waals surface area contributed by atoms with Gasteiger partial charge in [0.2, 0.25) is 5.78 Å². The molecule has 0 heterocycles. The van der Waals surface area contributed by atoms with E-state index in [1.54, 1.807) is 0 Å². The molecule has 0 bridgehead atoms. The number of hydrogen-bond acceptors (Lipinski definition) is 4.